The maximum atomic E-state index is 12.6. The van der Waals surface area contributed by atoms with Crippen molar-refractivity contribution >= 4 is 0 Å². The van der Waals surface area contributed by atoms with Crippen LogP contribution in [0.1, 0.15) is 20.3 Å². The van der Waals surface area contributed by atoms with Gasteiger partial charge in [0, 0.05) is 6.61 Å². The molecule has 14 heavy (non-hydrogen) atoms. The predicted octanol–water partition coefficient (Wildman–Crippen LogP) is 1.45. The molecule has 0 aromatic carbocycles. The molecule has 84 valence electrons. The lowest BCUT2D eigenvalue weighted by Gasteiger charge is -2.34. The third-order valence-corrected chi connectivity index (χ3v) is 2.39. The molecule has 6 heteroatoms. The van der Waals surface area contributed by atoms with Crippen molar-refractivity contribution in [1.29, 1.82) is 0 Å². The van der Waals surface area contributed by atoms with Gasteiger partial charge in [-0.05, 0) is 13.3 Å². The minimum Gasteiger partial charge on any atom is -0.376 e. The maximum absolute atomic E-state index is 12.6. The molecule has 0 aliphatic carbocycles. The Morgan fingerprint density at radius 3 is 2.14 bits per heavy atom. The molecule has 1 aliphatic heterocycles. The lowest BCUT2D eigenvalue weighted by Crippen LogP contribution is -2.57. The molecule has 2 atom stereocenters. The molecule has 0 aromatic heterocycles. The van der Waals surface area contributed by atoms with Gasteiger partial charge in [-0.25, -0.2) is 0 Å². The fraction of sp³-hybridized carbons (Fsp3) is 1.00. The average Bonchev–Trinajstić information content (AvgIpc) is 2.83. The molecule has 0 saturated carbocycles. The van der Waals surface area contributed by atoms with Crippen molar-refractivity contribution in [3.05, 3.63) is 0 Å². The molecule has 2 unspecified atom stereocenters. The van der Waals surface area contributed by atoms with Crippen molar-refractivity contribution in [3.8, 4) is 0 Å². The van der Waals surface area contributed by atoms with Gasteiger partial charge < -0.3 is 14.6 Å². The summed E-state index contributed by atoms with van der Waals surface area (Å²) >= 11 is 0. The highest BCUT2D eigenvalue weighted by atomic mass is 19.4. The highest BCUT2D eigenvalue weighted by Gasteiger charge is 2.73. The van der Waals surface area contributed by atoms with Gasteiger partial charge in [0.2, 0.25) is 11.4 Å². The Morgan fingerprint density at radius 2 is 1.93 bits per heavy atom. The molecule has 0 amide bonds. The smallest absolute Gasteiger partial charge is 0.376 e. The van der Waals surface area contributed by atoms with Crippen molar-refractivity contribution < 1.29 is 27.8 Å². The summed E-state index contributed by atoms with van der Waals surface area (Å²) in [6.07, 6.45) is -5.23. The molecular weight excluding hydrogens is 201 g/mol. The molecule has 1 aliphatic rings. The zero-order valence-electron chi connectivity index (χ0n) is 8.02. The molecule has 0 spiro atoms. The van der Waals surface area contributed by atoms with Crippen LogP contribution in [0.25, 0.3) is 0 Å². The highest BCUT2D eigenvalue weighted by Crippen LogP contribution is 2.50. The fourth-order valence-electron chi connectivity index (χ4n) is 1.43. The fourth-order valence-corrected chi connectivity index (χ4v) is 1.43. The van der Waals surface area contributed by atoms with Gasteiger partial charge in [0.15, 0.2) is 0 Å². The molecule has 1 saturated heterocycles. The summed E-state index contributed by atoms with van der Waals surface area (Å²) in [5.74, 6) is -1.88. The summed E-state index contributed by atoms with van der Waals surface area (Å²) in [6.45, 7) is 2.65. The van der Waals surface area contributed by atoms with Gasteiger partial charge in [0.1, 0.15) is 6.61 Å². The molecule has 1 fully saturated rings. The van der Waals surface area contributed by atoms with Gasteiger partial charge in [-0.1, -0.05) is 6.92 Å². The van der Waals surface area contributed by atoms with E-state index < -0.39 is 24.0 Å². The Morgan fingerprint density at radius 1 is 1.43 bits per heavy atom. The van der Waals surface area contributed by atoms with Crippen LogP contribution in [-0.4, -0.2) is 35.9 Å². The van der Waals surface area contributed by atoms with Crippen LogP contribution >= 0.6 is 0 Å². The topological polar surface area (TPSA) is 42.0 Å². The van der Waals surface area contributed by atoms with E-state index in [2.05, 4.69) is 4.74 Å². The molecule has 0 bridgehead atoms. The highest BCUT2D eigenvalue weighted by molar-refractivity contribution is 5.06. The second-order valence-electron chi connectivity index (χ2n) is 3.19. The van der Waals surface area contributed by atoms with Gasteiger partial charge in [-0.15, -0.1) is 0 Å². The normalized spacial score (nSPS) is 31.3. The zero-order valence-corrected chi connectivity index (χ0v) is 8.02. The molecule has 1 N–H and O–H groups in total. The summed E-state index contributed by atoms with van der Waals surface area (Å²) < 4.78 is 47.1. The number of epoxide rings is 1. The number of ether oxygens (including phenoxy) is 2. The van der Waals surface area contributed by atoms with Crippen LogP contribution in [0.3, 0.4) is 0 Å². The number of hydrogen-bond donors (Lipinski definition) is 1. The Hall–Kier alpha value is -0.330. The third kappa shape index (κ3) is 1.51. The van der Waals surface area contributed by atoms with E-state index in [1.165, 1.54) is 6.92 Å². The van der Waals surface area contributed by atoms with Crippen LogP contribution in [0.4, 0.5) is 13.2 Å². The summed E-state index contributed by atoms with van der Waals surface area (Å²) in [4.78, 5) is 0. The van der Waals surface area contributed by atoms with Gasteiger partial charge >= 0.3 is 6.18 Å². The van der Waals surface area contributed by atoms with E-state index in [0.29, 0.717) is 0 Å². The van der Waals surface area contributed by atoms with E-state index in [4.69, 9.17) is 4.74 Å². The summed E-state index contributed by atoms with van der Waals surface area (Å²) in [6, 6.07) is 0. The second-order valence-corrected chi connectivity index (χ2v) is 3.19. The van der Waals surface area contributed by atoms with Gasteiger partial charge in [0.25, 0.3) is 0 Å². The first-order chi connectivity index (χ1) is 6.33. The number of halogens is 3. The minimum absolute atomic E-state index is 0.0678. The van der Waals surface area contributed by atoms with Crippen molar-refractivity contribution in [2.75, 3.05) is 13.2 Å². The SMILES string of the molecule is CCOC1(C(O)(CC)C(F)(F)F)CO1. The van der Waals surface area contributed by atoms with E-state index in [9.17, 15) is 18.3 Å². The van der Waals surface area contributed by atoms with Gasteiger partial charge in [-0.2, -0.15) is 13.2 Å². The monoisotopic (exact) mass is 214 g/mol. The van der Waals surface area contributed by atoms with Crippen LogP contribution in [0.2, 0.25) is 0 Å². The van der Waals surface area contributed by atoms with E-state index in [1.54, 1.807) is 6.92 Å². The van der Waals surface area contributed by atoms with E-state index in [-0.39, 0.29) is 13.2 Å². The Kier molecular flexibility index (Phi) is 2.82. The zero-order chi connectivity index (χ0) is 11.0. The minimum atomic E-state index is -4.74. The largest absolute Gasteiger partial charge is 0.422 e. The first-order valence-corrected chi connectivity index (χ1v) is 4.40. The number of alkyl halides is 3. The summed E-state index contributed by atoms with van der Waals surface area (Å²) in [7, 11) is 0. The Bertz CT molecular complexity index is 212. The molecular formula is C8H13F3O3. The van der Waals surface area contributed by atoms with E-state index in [1.807, 2.05) is 0 Å². The van der Waals surface area contributed by atoms with Crippen molar-refractivity contribution in [1.82, 2.24) is 0 Å². The van der Waals surface area contributed by atoms with Crippen LogP contribution in [0.5, 0.6) is 0 Å². The van der Waals surface area contributed by atoms with Gasteiger partial charge in [-0.3, -0.25) is 0 Å². The molecule has 1 rings (SSSR count). The standard InChI is InChI=1S/C8H13F3O3/c1-3-6(12,8(9,10)11)7(5-14-7)13-4-2/h12H,3-5H2,1-2H3. The van der Waals surface area contributed by atoms with Crippen LogP contribution in [0, 0.1) is 0 Å². The molecule has 1 heterocycles. The maximum Gasteiger partial charge on any atom is 0.422 e. The average molecular weight is 214 g/mol. The number of aliphatic hydroxyl groups is 1. The van der Waals surface area contributed by atoms with Crippen LogP contribution in [-0.2, 0) is 9.47 Å². The Labute approximate surface area is 79.8 Å². The van der Waals surface area contributed by atoms with Crippen LogP contribution < -0.4 is 0 Å². The molecule has 0 aromatic rings. The third-order valence-electron chi connectivity index (χ3n) is 2.39. The summed E-state index contributed by atoms with van der Waals surface area (Å²) in [5, 5.41) is 9.50. The van der Waals surface area contributed by atoms with Crippen molar-refractivity contribution in [3.63, 3.8) is 0 Å². The quantitative estimate of drug-likeness (QED) is 0.720. The van der Waals surface area contributed by atoms with E-state index in [0.717, 1.165) is 0 Å². The lowest BCUT2D eigenvalue weighted by molar-refractivity contribution is -0.323. The van der Waals surface area contributed by atoms with Crippen molar-refractivity contribution in [2.45, 2.75) is 37.8 Å². The van der Waals surface area contributed by atoms with Gasteiger partial charge in [0.05, 0.1) is 0 Å². The second kappa shape index (κ2) is 3.36. The first kappa shape index (κ1) is 11.7. The number of hydrogen-bond acceptors (Lipinski definition) is 3. The molecule has 3 nitrogen and oxygen atoms in total. The summed E-state index contributed by atoms with van der Waals surface area (Å²) in [5.41, 5.74) is -2.91. The number of rotatable bonds is 4. The first-order valence-electron chi connectivity index (χ1n) is 4.40. The van der Waals surface area contributed by atoms with E-state index >= 15 is 0 Å². The van der Waals surface area contributed by atoms with Crippen molar-refractivity contribution in [2.24, 2.45) is 0 Å². The predicted molar refractivity (Wildman–Crippen MR) is 41.6 cm³/mol. The molecule has 0 radical (unpaired) electrons. The lowest BCUT2D eigenvalue weighted by atomic mass is 9.93. The Balaban J connectivity index is 2.90. The van der Waals surface area contributed by atoms with Crippen LogP contribution in [0.15, 0.2) is 0 Å².